The highest BCUT2D eigenvalue weighted by atomic mass is 32.2. The van der Waals surface area contributed by atoms with Gasteiger partial charge in [-0.05, 0) is 44.0 Å². The molecule has 0 spiro atoms. The van der Waals surface area contributed by atoms with Gasteiger partial charge in [-0.25, -0.2) is 13.1 Å². The van der Waals surface area contributed by atoms with Crippen molar-refractivity contribution in [3.63, 3.8) is 0 Å². The quantitative estimate of drug-likeness (QED) is 0.307. The van der Waals surface area contributed by atoms with Gasteiger partial charge in [0, 0.05) is 33.4 Å². The van der Waals surface area contributed by atoms with E-state index in [9.17, 15) is 8.42 Å². The fourth-order valence-electron chi connectivity index (χ4n) is 2.68. The molecule has 2 rings (SSSR count). The fourth-order valence-corrected chi connectivity index (χ4v) is 3.41. The van der Waals surface area contributed by atoms with Crippen molar-refractivity contribution in [2.45, 2.75) is 36.8 Å². The van der Waals surface area contributed by atoms with Gasteiger partial charge in [0.15, 0.2) is 5.96 Å². The minimum Gasteiger partial charge on any atom is -0.379 e. The second kappa shape index (κ2) is 11.2. The van der Waals surface area contributed by atoms with Crippen molar-refractivity contribution in [3.05, 3.63) is 29.8 Å². The topological polar surface area (TPSA) is 101 Å². The van der Waals surface area contributed by atoms with Crippen LogP contribution < -0.4 is 15.4 Å². The van der Waals surface area contributed by atoms with Crippen molar-refractivity contribution in [2.24, 2.45) is 4.99 Å². The molecule has 9 heteroatoms. The van der Waals surface area contributed by atoms with Crippen molar-refractivity contribution in [1.29, 1.82) is 0 Å². The molecule has 1 aliphatic heterocycles. The third-order valence-corrected chi connectivity index (χ3v) is 5.70. The Bertz CT molecular complexity index is 686. The zero-order chi connectivity index (χ0) is 19.5. The van der Waals surface area contributed by atoms with Crippen LogP contribution >= 0.6 is 0 Å². The molecule has 0 aliphatic carbocycles. The van der Waals surface area contributed by atoms with E-state index in [-0.39, 0.29) is 11.0 Å². The van der Waals surface area contributed by atoms with Crippen LogP contribution in [0.1, 0.15) is 24.8 Å². The van der Waals surface area contributed by atoms with E-state index in [0.717, 1.165) is 38.0 Å². The summed E-state index contributed by atoms with van der Waals surface area (Å²) >= 11 is 0. The summed E-state index contributed by atoms with van der Waals surface area (Å²) in [7, 11) is -0.291. The Labute approximate surface area is 161 Å². The number of benzene rings is 1. The predicted octanol–water partition coefficient (Wildman–Crippen LogP) is 0.845. The summed E-state index contributed by atoms with van der Waals surface area (Å²) < 4.78 is 36.9. The van der Waals surface area contributed by atoms with Crippen molar-refractivity contribution >= 4 is 16.0 Å². The summed E-state index contributed by atoms with van der Waals surface area (Å²) in [6.45, 7) is 3.52. The van der Waals surface area contributed by atoms with E-state index in [1.54, 1.807) is 31.3 Å². The lowest BCUT2D eigenvalue weighted by atomic mass is 10.2. The lowest BCUT2D eigenvalue weighted by Crippen LogP contribution is -2.37. The lowest BCUT2D eigenvalue weighted by Gasteiger charge is -2.13. The van der Waals surface area contributed by atoms with E-state index in [1.165, 1.54) is 7.05 Å². The molecular formula is C18H30N4O4S. The van der Waals surface area contributed by atoms with Gasteiger partial charge in [0.25, 0.3) is 0 Å². The van der Waals surface area contributed by atoms with Gasteiger partial charge in [-0.3, -0.25) is 4.99 Å². The highest BCUT2D eigenvalue weighted by Crippen LogP contribution is 2.12. The number of sulfonamides is 1. The summed E-state index contributed by atoms with van der Waals surface area (Å²) in [5.74, 6) is 0.695. The highest BCUT2D eigenvalue weighted by molar-refractivity contribution is 7.89. The maximum atomic E-state index is 11.7. The zero-order valence-electron chi connectivity index (χ0n) is 16.0. The number of hydrogen-bond acceptors (Lipinski definition) is 5. The molecule has 0 amide bonds. The standard InChI is InChI=1S/C18H30N4O4S/c1-19-18(21-10-4-11-25-14-16-5-3-12-26-16)22-13-15-6-8-17(9-7-15)27(23,24)20-2/h6-9,16,20H,3-5,10-14H2,1-2H3,(H2,19,21,22). The second-order valence-electron chi connectivity index (χ2n) is 6.27. The molecule has 1 atom stereocenters. The average molecular weight is 399 g/mol. The number of guanidine groups is 1. The minimum absolute atomic E-state index is 0.249. The molecule has 1 heterocycles. The molecule has 1 aliphatic rings. The number of nitrogens with zero attached hydrogens (tertiary/aromatic N) is 1. The maximum Gasteiger partial charge on any atom is 0.240 e. The van der Waals surface area contributed by atoms with E-state index >= 15 is 0 Å². The summed E-state index contributed by atoms with van der Waals surface area (Å²) in [6.07, 6.45) is 3.37. The van der Waals surface area contributed by atoms with Gasteiger partial charge < -0.3 is 20.1 Å². The van der Waals surface area contributed by atoms with Crippen LogP contribution in [-0.2, 0) is 26.0 Å². The Morgan fingerprint density at radius 2 is 2.07 bits per heavy atom. The van der Waals surface area contributed by atoms with Crippen LogP contribution in [0.15, 0.2) is 34.2 Å². The number of ether oxygens (including phenoxy) is 2. The van der Waals surface area contributed by atoms with E-state index < -0.39 is 10.0 Å². The summed E-state index contributed by atoms with van der Waals surface area (Å²) in [5, 5.41) is 6.44. The van der Waals surface area contributed by atoms with Crippen LogP contribution in [0.25, 0.3) is 0 Å². The van der Waals surface area contributed by atoms with Crippen molar-refractivity contribution < 1.29 is 17.9 Å². The maximum absolute atomic E-state index is 11.7. The zero-order valence-corrected chi connectivity index (χ0v) is 16.8. The average Bonchev–Trinajstić information content (AvgIpc) is 3.20. The SMILES string of the molecule is CN=C(NCCCOCC1CCCO1)NCc1ccc(S(=O)(=O)NC)cc1. The highest BCUT2D eigenvalue weighted by Gasteiger charge is 2.15. The molecule has 0 aromatic heterocycles. The molecule has 152 valence electrons. The van der Waals surface area contributed by atoms with Gasteiger partial charge in [-0.2, -0.15) is 0 Å². The van der Waals surface area contributed by atoms with Crippen molar-refractivity contribution in [1.82, 2.24) is 15.4 Å². The molecule has 1 fully saturated rings. The van der Waals surface area contributed by atoms with Gasteiger partial charge in [0.1, 0.15) is 0 Å². The minimum atomic E-state index is -3.40. The molecule has 0 saturated carbocycles. The first-order valence-electron chi connectivity index (χ1n) is 9.21. The molecule has 1 saturated heterocycles. The fraction of sp³-hybridized carbons (Fsp3) is 0.611. The van der Waals surface area contributed by atoms with Crippen molar-refractivity contribution in [2.75, 3.05) is 40.5 Å². The summed E-state index contributed by atoms with van der Waals surface area (Å²) in [4.78, 5) is 4.43. The first-order chi connectivity index (χ1) is 13.0. The van der Waals surface area contributed by atoms with Gasteiger partial charge in [-0.1, -0.05) is 12.1 Å². The molecule has 8 nitrogen and oxygen atoms in total. The third-order valence-electron chi connectivity index (χ3n) is 4.27. The van der Waals surface area contributed by atoms with Crippen LogP contribution in [0, 0.1) is 0 Å². The Balaban J connectivity index is 1.63. The van der Waals surface area contributed by atoms with E-state index in [0.29, 0.717) is 25.7 Å². The lowest BCUT2D eigenvalue weighted by molar-refractivity contribution is 0.0168. The largest absolute Gasteiger partial charge is 0.379 e. The van der Waals surface area contributed by atoms with Crippen LogP contribution in [0.5, 0.6) is 0 Å². The molecule has 27 heavy (non-hydrogen) atoms. The Kier molecular flexibility index (Phi) is 8.99. The van der Waals surface area contributed by atoms with E-state index in [4.69, 9.17) is 9.47 Å². The molecule has 1 unspecified atom stereocenters. The second-order valence-corrected chi connectivity index (χ2v) is 8.15. The molecule has 0 bridgehead atoms. The molecular weight excluding hydrogens is 368 g/mol. The number of rotatable bonds is 10. The van der Waals surface area contributed by atoms with Crippen LogP contribution in [0.3, 0.4) is 0 Å². The molecule has 3 N–H and O–H groups in total. The number of nitrogens with one attached hydrogen (secondary N) is 3. The molecule has 0 radical (unpaired) electrons. The third kappa shape index (κ3) is 7.45. The smallest absolute Gasteiger partial charge is 0.240 e. The number of hydrogen-bond donors (Lipinski definition) is 3. The first-order valence-corrected chi connectivity index (χ1v) is 10.7. The summed E-state index contributed by atoms with van der Waals surface area (Å²) in [6, 6.07) is 6.74. The van der Waals surface area contributed by atoms with Gasteiger partial charge in [0.2, 0.25) is 10.0 Å². The van der Waals surface area contributed by atoms with E-state index in [2.05, 4.69) is 20.3 Å². The first kappa shape index (κ1) is 21.6. The van der Waals surface area contributed by atoms with Crippen LogP contribution in [0.2, 0.25) is 0 Å². The monoisotopic (exact) mass is 398 g/mol. The summed E-state index contributed by atoms with van der Waals surface area (Å²) in [5.41, 5.74) is 0.966. The Morgan fingerprint density at radius 3 is 2.70 bits per heavy atom. The van der Waals surface area contributed by atoms with Crippen LogP contribution in [-0.4, -0.2) is 60.9 Å². The molecule has 1 aromatic carbocycles. The van der Waals surface area contributed by atoms with Gasteiger partial charge >= 0.3 is 0 Å². The van der Waals surface area contributed by atoms with Gasteiger partial charge in [-0.15, -0.1) is 0 Å². The predicted molar refractivity (Wildman–Crippen MR) is 105 cm³/mol. The van der Waals surface area contributed by atoms with E-state index in [1.807, 2.05) is 0 Å². The Morgan fingerprint density at radius 1 is 1.30 bits per heavy atom. The normalized spacial score (nSPS) is 17.9. The van der Waals surface area contributed by atoms with Crippen molar-refractivity contribution in [3.8, 4) is 0 Å². The Hall–Kier alpha value is -1.68. The molecule has 1 aromatic rings. The van der Waals surface area contributed by atoms with Crippen LogP contribution in [0.4, 0.5) is 0 Å². The van der Waals surface area contributed by atoms with Gasteiger partial charge in [0.05, 0.1) is 17.6 Å². The number of aliphatic imine (C=N–C) groups is 1.